The van der Waals surface area contributed by atoms with Crippen LogP contribution in [-0.2, 0) is 25.5 Å². The van der Waals surface area contributed by atoms with Gasteiger partial charge in [0.2, 0.25) is 11.8 Å². The molecule has 142 valence electrons. The van der Waals surface area contributed by atoms with Gasteiger partial charge in [-0.2, -0.15) is 0 Å². The second-order valence-corrected chi connectivity index (χ2v) is 6.99. The van der Waals surface area contributed by atoms with Crippen molar-refractivity contribution in [2.45, 2.75) is 51.6 Å². The van der Waals surface area contributed by atoms with E-state index < -0.39 is 18.1 Å². The number of ether oxygens (including phenoxy) is 1. The summed E-state index contributed by atoms with van der Waals surface area (Å²) in [6.45, 7) is 4.30. The number of rotatable bonds is 7. The maximum Gasteiger partial charge on any atom is 0.328 e. The highest BCUT2D eigenvalue weighted by Gasteiger charge is 2.39. The van der Waals surface area contributed by atoms with Gasteiger partial charge in [0, 0.05) is 13.0 Å². The first-order valence-electron chi connectivity index (χ1n) is 9.15. The van der Waals surface area contributed by atoms with E-state index in [4.69, 9.17) is 4.74 Å². The molecule has 0 radical (unpaired) electrons. The van der Waals surface area contributed by atoms with Crippen LogP contribution in [0.2, 0.25) is 0 Å². The maximum absolute atomic E-state index is 12.9. The average molecular weight is 360 g/mol. The minimum atomic E-state index is -0.636. The summed E-state index contributed by atoms with van der Waals surface area (Å²) in [5.74, 6) is -0.827. The standard InChI is InChI=1S/C20H28N2O4/c1-14(2)18(19(24)22-13-7-10-16(22)20(25)26-3)21-17(23)12-11-15-8-5-4-6-9-15/h4-6,8-9,14,16,18H,7,10-13H2,1-3H3,(H,21,23)/t16-,18?/m0/s1. The zero-order valence-corrected chi connectivity index (χ0v) is 15.7. The van der Waals surface area contributed by atoms with Gasteiger partial charge in [-0.3, -0.25) is 9.59 Å². The number of aryl methyl sites for hydroxylation is 1. The molecule has 1 aromatic rings. The van der Waals surface area contributed by atoms with Gasteiger partial charge in [-0.05, 0) is 30.7 Å². The molecule has 1 N–H and O–H groups in total. The normalized spacial score (nSPS) is 17.8. The summed E-state index contributed by atoms with van der Waals surface area (Å²) >= 11 is 0. The van der Waals surface area contributed by atoms with Gasteiger partial charge in [0.15, 0.2) is 0 Å². The van der Waals surface area contributed by atoms with Crippen molar-refractivity contribution in [2.75, 3.05) is 13.7 Å². The van der Waals surface area contributed by atoms with Crippen LogP contribution in [0.1, 0.15) is 38.7 Å². The summed E-state index contributed by atoms with van der Waals surface area (Å²) in [7, 11) is 1.33. The van der Waals surface area contributed by atoms with Gasteiger partial charge in [0.1, 0.15) is 12.1 Å². The van der Waals surface area contributed by atoms with Crippen LogP contribution in [0.5, 0.6) is 0 Å². The number of likely N-dealkylation sites (tertiary alicyclic amines) is 1. The predicted molar refractivity (Wildman–Crippen MR) is 98.3 cm³/mol. The van der Waals surface area contributed by atoms with E-state index in [1.165, 1.54) is 7.11 Å². The van der Waals surface area contributed by atoms with E-state index >= 15 is 0 Å². The average Bonchev–Trinajstić information content (AvgIpc) is 3.13. The smallest absolute Gasteiger partial charge is 0.328 e. The van der Waals surface area contributed by atoms with Crippen molar-refractivity contribution in [3.05, 3.63) is 35.9 Å². The van der Waals surface area contributed by atoms with Crippen LogP contribution >= 0.6 is 0 Å². The van der Waals surface area contributed by atoms with Crippen LogP contribution in [-0.4, -0.2) is 48.4 Å². The Morgan fingerprint density at radius 3 is 2.54 bits per heavy atom. The topological polar surface area (TPSA) is 75.7 Å². The van der Waals surface area contributed by atoms with E-state index in [1.54, 1.807) is 4.90 Å². The Hall–Kier alpha value is -2.37. The van der Waals surface area contributed by atoms with Gasteiger partial charge in [-0.1, -0.05) is 44.2 Å². The highest BCUT2D eigenvalue weighted by atomic mass is 16.5. The lowest BCUT2D eigenvalue weighted by atomic mass is 10.0. The molecule has 0 aromatic heterocycles. The highest BCUT2D eigenvalue weighted by Crippen LogP contribution is 2.21. The molecule has 1 unspecified atom stereocenters. The third kappa shape index (κ3) is 5.07. The van der Waals surface area contributed by atoms with Crippen LogP contribution in [0.15, 0.2) is 30.3 Å². The number of hydrogen-bond acceptors (Lipinski definition) is 4. The Morgan fingerprint density at radius 2 is 1.92 bits per heavy atom. The van der Waals surface area contributed by atoms with E-state index in [2.05, 4.69) is 5.32 Å². The third-order valence-electron chi connectivity index (χ3n) is 4.74. The maximum atomic E-state index is 12.9. The Labute approximate surface area is 154 Å². The molecular weight excluding hydrogens is 332 g/mol. The molecule has 1 fully saturated rings. The fraction of sp³-hybridized carbons (Fsp3) is 0.550. The molecule has 26 heavy (non-hydrogen) atoms. The summed E-state index contributed by atoms with van der Waals surface area (Å²) in [4.78, 5) is 38.7. The number of esters is 1. The lowest BCUT2D eigenvalue weighted by Crippen LogP contribution is -2.54. The number of hydrogen-bond donors (Lipinski definition) is 1. The monoisotopic (exact) mass is 360 g/mol. The lowest BCUT2D eigenvalue weighted by molar-refractivity contribution is -0.152. The first-order chi connectivity index (χ1) is 12.4. The van der Waals surface area contributed by atoms with Crippen molar-refractivity contribution in [3.63, 3.8) is 0 Å². The minimum Gasteiger partial charge on any atom is -0.467 e. The van der Waals surface area contributed by atoms with E-state index in [1.807, 2.05) is 44.2 Å². The Kier molecular flexibility index (Phi) is 7.18. The first-order valence-corrected chi connectivity index (χ1v) is 9.15. The van der Waals surface area contributed by atoms with Gasteiger partial charge in [-0.15, -0.1) is 0 Å². The zero-order valence-electron chi connectivity index (χ0n) is 15.7. The summed E-state index contributed by atoms with van der Waals surface area (Å²) in [5, 5.41) is 2.86. The molecule has 0 aliphatic carbocycles. The van der Waals surface area contributed by atoms with Gasteiger partial charge >= 0.3 is 5.97 Å². The lowest BCUT2D eigenvalue weighted by Gasteiger charge is -2.29. The number of nitrogens with zero attached hydrogens (tertiary/aromatic N) is 1. The molecule has 6 nitrogen and oxygen atoms in total. The number of amides is 2. The fourth-order valence-electron chi connectivity index (χ4n) is 3.25. The Morgan fingerprint density at radius 1 is 1.23 bits per heavy atom. The molecule has 6 heteroatoms. The molecule has 0 spiro atoms. The third-order valence-corrected chi connectivity index (χ3v) is 4.74. The number of benzene rings is 1. The molecule has 0 saturated carbocycles. The molecule has 1 saturated heterocycles. The van der Waals surface area contributed by atoms with Gasteiger partial charge in [-0.25, -0.2) is 4.79 Å². The summed E-state index contributed by atoms with van der Waals surface area (Å²) in [5.41, 5.74) is 1.08. The molecule has 1 heterocycles. The highest BCUT2D eigenvalue weighted by molar-refractivity contribution is 5.91. The van der Waals surface area contributed by atoms with Crippen molar-refractivity contribution in [3.8, 4) is 0 Å². The van der Waals surface area contributed by atoms with Crippen LogP contribution in [0, 0.1) is 5.92 Å². The van der Waals surface area contributed by atoms with E-state index in [0.29, 0.717) is 25.8 Å². The predicted octanol–water partition coefficient (Wildman–Crippen LogP) is 1.92. The number of methoxy groups -OCH3 is 1. The van der Waals surface area contributed by atoms with Crippen molar-refractivity contribution in [1.82, 2.24) is 10.2 Å². The molecular formula is C20H28N2O4. The Bertz CT molecular complexity index is 630. The molecule has 1 aromatic carbocycles. The second kappa shape index (κ2) is 9.36. The van der Waals surface area contributed by atoms with Crippen molar-refractivity contribution < 1.29 is 19.1 Å². The zero-order chi connectivity index (χ0) is 19.1. The van der Waals surface area contributed by atoms with Crippen LogP contribution < -0.4 is 5.32 Å². The summed E-state index contributed by atoms with van der Waals surface area (Å²) in [6, 6.07) is 8.58. The van der Waals surface area contributed by atoms with Crippen molar-refractivity contribution in [2.24, 2.45) is 5.92 Å². The van der Waals surface area contributed by atoms with Crippen LogP contribution in [0.4, 0.5) is 0 Å². The van der Waals surface area contributed by atoms with Crippen molar-refractivity contribution >= 4 is 17.8 Å². The quantitative estimate of drug-likeness (QED) is 0.754. The molecule has 1 aliphatic rings. The molecule has 2 amide bonds. The summed E-state index contributed by atoms with van der Waals surface area (Å²) < 4.78 is 4.80. The largest absolute Gasteiger partial charge is 0.467 e. The number of carbonyl (C=O) groups is 3. The molecule has 2 rings (SSSR count). The SMILES string of the molecule is COC(=O)[C@@H]1CCCN1C(=O)C(NC(=O)CCc1ccccc1)C(C)C. The van der Waals surface area contributed by atoms with Crippen molar-refractivity contribution in [1.29, 1.82) is 0 Å². The van der Waals surface area contributed by atoms with Gasteiger partial charge in [0.25, 0.3) is 0 Å². The second-order valence-electron chi connectivity index (χ2n) is 6.99. The Balaban J connectivity index is 1.97. The minimum absolute atomic E-state index is 0.0675. The number of nitrogens with one attached hydrogen (secondary N) is 1. The van der Waals surface area contributed by atoms with Crippen LogP contribution in [0.3, 0.4) is 0 Å². The number of carbonyl (C=O) groups excluding carboxylic acids is 3. The van der Waals surface area contributed by atoms with E-state index in [-0.39, 0.29) is 17.7 Å². The van der Waals surface area contributed by atoms with E-state index in [0.717, 1.165) is 12.0 Å². The van der Waals surface area contributed by atoms with E-state index in [9.17, 15) is 14.4 Å². The molecule has 0 bridgehead atoms. The fourth-order valence-corrected chi connectivity index (χ4v) is 3.25. The summed E-state index contributed by atoms with van der Waals surface area (Å²) in [6.07, 6.45) is 2.31. The van der Waals surface area contributed by atoms with Gasteiger partial charge in [0.05, 0.1) is 7.11 Å². The molecule has 2 atom stereocenters. The molecule has 1 aliphatic heterocycles. The van der Waals surface area contributed by atoms with Crippen LogP contribution in [0.25, 0.3) is 0 Å². The first kappa shape index (κ1) is 19.9. The van der Waals surface area contributed by atoms with Gasteiger partial charge < -0.3 is 15.0 Å².